The molecule has 1 aromatic rings. The second-order valence-corrected chi connectivity index (χ2v) is 5.98. The van der Waals surface area contributed by atoms with Crippen molar-refractivity contribution in [2.75, 3.05) is 13.2 Å². The van der Waals surface area contributed by atoms with Gasteiger partial charge in [0.2, 0.25) is 0 Å². The first-order valence-electron chi connectivity index (χ1n) is 6.61. The van der Waals surface area contributed by atoms with Crippen molar-refractivity contribution in [2.24, 2.45) is 0 Å². The van der Waals surface area contributed by atoms with E-state index < -0.39 is 6.09 Å². The van der Waals surface area contributed by atoms with E-state index in [1.807, 2.05) is 6.07 Å². The molecular formula is C14H16BrNO3. The third-order valence-corrected chi connectivity index (χ3v) is 4.31. The number of hydrogen-bond acceptors (Lipinski definition) is 2. The van der Waals surface area contributed by atoms with Gasteiger partial charge in [-0.3, -0.25) is 0 Å². The summed E-state index contributed by atoms with van der Waals surface area (Å²) in [5.74, 6) is 0.910. The van der Waals surface area contributed by atoms with Crippen molar-refractivity contribution in [2.45, 2.75) is 31.7 Å². The number of likely N-dealkylation sites (tertiary alicyclic amines) is 1. The molecule has 19 heavy (non-hydrogen) atoms. The number of benzene rings is 1. The van der Waals surface area contributed by atoms with Gasteiger partial charge < -0.3 is 14.7 Å². The lowest BCUT2D eigenvalue weighted by Crippen LogP contribution is -2.29. The Morgan fingerprint density at radius 1 is 1.42 bits per heavy atom. The van der Waals surface area contributed by atoms with Crippen LogP contribution in [0.15, 0.2) is 16.6 Å². The molecule has 0 radical (unpaired) electrons. The largest absolute Gasteiger partial charge is 0.493 e. The summed E-state index contributed by atoms with van der Waals surface area (Å²) in [6, 6.07) is 4.02. The number of nitrogens with zero attached hydrogens (tertiary/aromatic N) is 1. The molecule has 2 aliphatic rings. The first kappa shape index (κ1) is 12.8. The van der Waals surface area contributed by atoms with Crippen molar-refractivity contribution in [3.8, 4) is 5.75 Å². The monoisotopic (exact) mass is 325 g/mol. The maximum Gasteiger partial charge on any atom is 0.407 e. The molecule has 1 unspecified atom stereocenters. The zero-order chi connectivity index (χ0) is 13.4. The second-order valence-electron chi connectivity index (χ2n) is 5.07. The smallest absolute Gasteiger partial charge is 0.407 e. The van der Waals surface area contributed by atoms with Crippen molar-refractivity contribution in [1.29, 1.82) is 0 Å². The number of fused-ring (bicyclic) bond motifs is 1. The van der Waals surface area contributed by atoms with E-state index in [0.717, 1.165) is 48.1 Å². The summed E-state index contributed by atoms with van der Waals surface area (Å²) in [7, 11) is 0. The first-order valence-corrected chi connectivity index (χ1v) is 7.41. The highest BCUT2D eigenvalue weighted by atomic mass is 79.9. The maximum atomic E-state index is 11.3. The molecule has 0 spiro atoms. The Hall–Kier alpha value is -1.23. The number of carbonyl (C=O) groups is 1. The second kappa shape index (κ2) is 5.04. The fraction of sp³-hybridized carbons (Fsp3) is 0.500. The fourth-order valence-electron chi connectivity index (χ4n) is 3.04. The molecule has 1 fully saturated rings. The van der Waals surface area contributed by atoms with Gasteiger partial charge in [0, 0.05) is 16.6 Å². The molecule has 0 aromatic heterocycles. The highest BCUT2D eigenvalue weighted by Crippen LogP contribution is 2.42. The molecule has 1 amide bonds. The van der Waals surface area contributed by atoms with E-state index in [2.05, 4.69) is 22.0 Å². The molecule has 4 nitrogen and oxygen atoms in total. The number of amides is 1. The van der Waals surface area contributed by atoms with Gasteiger partial charge in [-0.05, 0) is 43.4 Å². The number of carboxylic acid groups (broad SMARTS) is 1. The highest BCUT2D eigenvalue weighted by Gasteiger charge is 2.33. The minimum Gasteiger partial charge on any atom is -0.493 e. The molecule has 1 N–H and O–H groups in total. The van der Waals surface area contributed by atoms with Crippen LogP contribution in [0.3, 0.4) is 0 Å². The summed E-state index contributed by atoms with van der Waals surface area (Å²) < 4.78 is 6.81. The Labute approximate surface area is 120 Å². The van der Waals surface area contributed by atoms with E-state index in [1.165, 1.54) is 10.5 Å². The standard InChI is InChI=1S/C14H16BrNO3/c15-10-7-9-3-2-6-19-13(9)11(8-10)12-4-1-5-16(12)14(17)18/h7-8,12H,1-6H2,(H,17,18). The molecular weight excluding hydrogens is 310 g/mol. The number of aryl methyl sites for hydroxylation is 1. The minimum absolute atomic E-state index is 0.0677. The summed E-state index contributed by atoms with van der Waals surface area (Å²) in [5, 5.41) is 9.29. The quantitative estimate of drug-likeness (QED) is 0.858. The Morgan fingerprint density at radius 2 is 2.26 bits per heavy atom. The van der Waals surface area contributed by atoms with Crippen molar-refractivity contribution in [1.82, 2.24) is 4.90 Å². The lowest BCUT2D eigenvalue weighted by atomic mass is 9.97. The van der Waals surface area contributed by atoms with E-state index >= 15 is 0 Å². The van der Waals surface area contributed by atoms with E-state index in [-0.39, 0.29) is 6.04 Å². The molecule has 102 valence electrons. The van der Waals surface area contributed by atoms with Gasteiger partial charge in [0.25, 0.3) is 0 Å². The molecule has 2 aliphatic heterocycles. The number of hydrogen-bond donors (Lipinski definition) is 1. The van der Waals surface area contributed by atoms with Crippen LogP contribution in [-0.2, 0) is 6.42 Å². The maximum absolute atomic E-state index is 11.3. The Balaban J connectivity index is 2.04. The fourth-order valence-corrected chi connectivity index (χ4v) is 3.56. The Morgan fingerprint density at radius 3 is 3.05 bits per heavy atom. The van der Waals surface area contributed by atoms with Crippen LogP contribution in [0.25, 0.3) is 0 Å². The normalized spacial score (nSPS) is 21.9. The van der Waals surface area contributed by atoms with Crippen LogP contribution in [0.1, 0.15) is 36.4 Å². The van der Waals surface area contributed by atoms with Gasteiger partial charge in [0.1, 0.15) is 5.75 Å². The lowest BCUT2D eigenvalue weighted by Gasteiger charge is -2.27. The zero-order valence-electron chi connectivity index (χ0n) is 10.6. The molecule has 1 atom stereocenters. The van der Waals surface area contributed by atoms with Gasteiger partial charge in [0.05, 0.1) is 12.6 Å². The van der Waals surface area contributed by atoms with E-state index in [9.17, 15) is 9.90 Å². The van der Waals surface area contributed by atoms with Crippen molar-refractivity contribution in [3.05, 3.63) is 27.7 Å². The third kappa shape index (κ3) is 2.31. The van der Waals surface area contributed by atoms with Gasteiger partial charge in [-0.15, -0.1) is 0 Å². The predicted octanol–water partition coefficient (Wildman–Crippen LogP) is 3.59. The van der Waals surface area contributed by atoms with Crippen molar-refractivity contribution >= 4 is 22.0 Å². The molecule has 2 heterocycles. The Bertz CT molecular complexity index is 518. The number of halogens is 1. The van der Waals surface area contributed by atoms with Crippen LogP contribution >= 0.6 is 15.9 Å². The average molecular weight is 326 g/mol. The number of ether oxygens (including phenoxy) is 1. The summed E-state index contributed by atoms with van der Waals surface area (Å²) in [6.45, 7) is 1.34. The van der Waals surface area contributed by atoms with Crippen LogP contribution in [0.4, 0.5) is 4.79 Å². The lowest BCUT2D eigenvalue weighted by molar-refractivity contribution is 0.139. The molecule has 0 aliphatic carbocycles. The van der Waals surface area contributed by atoms with Gasteiger partial charge in [0.15, 0.2) is 0 Å². The average Bonchev–Trinajstić information content (AvgIpc) is 2.86. The molecule has 0 saturated carbocycles. The van der Waals surface area contributed by atoms with Gasteiger partial charge in [-0.2, -0.15) is 0 Å². The predicted molar refractivity (Wildman–Crippen MR) is 74.7 cm³/mol. The summed E-state index contributed by atoms with van der Waals surface area (Å²) in [4.78, 5) is 12.8. The minimum atomic E-state index is -0.841. The van der Waals surface area contributed by atoms with Crippen LogP contribution in [0, 0.1) is 0 Å². The molecule has 5 heteroatoms. The topological polar surface area (TPSA) is 49.8 Å². The highest BCUT2D eigenvalue weighted by molar-refractivity contribution is 9.10. The first-order chi connectivity index (χ1) is 9.16. The number of rotatable bonds is 1. The SMILES string of the molecule is O=C(O)N1CCCC1c1cc(Br)cc2c1OCCC2. The van der Waals surface area contributed by atoms with Crippen LogP contribution in [0.5, 0.6) is 5.75 Å². The van der Waals surface area contributed by atoms with Crippen molar-refractivity contribution in [3.63, 3.8) is 0 Å². The van der Waals surface area contributed by atoms with Crippen LogP contribution in [-0.4, -0.2) is 29.3 Å². The van der Waals surface area contributed by atoms with Crippen LogP contribution < -0.4 is 4.74 Å². The summed E-state index contributed by atoms with van der Waals surface area (Å²) in [6.07, 6.45) is 2.97. The summed E-state index contributed by atoms with van der Waals surface area (Å²) in [5.41, 5.74) is 2.21. The van der Waals surface area contributed by atoms with Gasteiger partial charge in [-0.1, -0.05) is 15.9 Å². The van der Waals surface area contributed by atoms with Gasteiger partial charge in [-0.25, -0.2) is 4.79 Å². The van der Waals surface area contributed by atoms with E-state index in [1.54, 1.807) is 0 Å². The molecule has 0 bridgehead atoms. The molecule has 1 aromatic carbocycles. The molecule has 3 rings (SSSR count). The molecule has 1 saturated heterocycles. The van der Waals surface area contributed by atoms with Gasteiger partial charge >= 0.3 is 6.09 Å². The van der Waals surface area contributed by atoms with E-state index in [0.29, 0.717) is 6.54 Å². The Kier molecular flexibility index (Phi) is 3.39. The third-order valence-electron chi connectivity index (χ3n) is 3.85. The summed E-state index contributed by atoms with van der Waals surface area (Å²) >= 11 is 3.52. The van der Waals surface area contributed by atoms with E-state index in [4.69, 9.17) is 4.74 Å². The zero-order valence-corrected chi connectivity index (χ0v) is 12.1. The van der Waals surface area contributed by atoms with Crippen molar-refractivity contribution < 1.29 is 14.6 Å². The van der Waals surface area contributed by atoms with Crippen LogP contribution in [0.2, 0.25) is 0 Å².